The minimum Gasteiger partial charge on any atom is -0.355 e. The van der Waals surface area contributed by atoms with Gasteiger partial charge in [-0.25, -0.2) is 0 Å². The lowest BCUT2D eigenvalue weighted by Gasteiger charge is -2.00. The molecule has 0 saturated heterocycles. The molecule has 1 nitrogen and oxygen atoms in total. The molecule has 0 heterocycles. The Bertz CT molecular complexity index is 196. The van der Waals surface area contributed by atoms with Gasteiger partial charge in [0.1, 0.15) is 0 Å². The summed E-state index contributed by atoms with van der Waals surface area (Å²) >= 11 is 1.87. The molecule has 1 aromatic carbocycles. The first-order chi connectivity index (χ1) is 5.29. The standard InChI is InChI=1S/C9H13NS/c1-8(10)7-11-9-5-3-2-4-6-9/h2-6,8H,7,10H2,1H3/p+1/t8-/m1/s1. The molecule has 11 heavy (non-hydrogen) atoms. The molecule has 0 unspecified atom stereocenters. The van der Waals surface area contributed by atoms with Crippen LogP contribution in [0.4, 0.5) is 0 Å². The van der Waals surface area contributed by atoms with Crippen LogP contribution < -0.4 is 5.73 Å². The van der Waals surface area contributed by atoms with Gasteiger partial charge < -0.3 is 5.73 Å². The second-order valence-corrected chi connectivity index (χ2v) is 3.82. The zero-order valence-electron chi connectivity index (χ0n) is 6.79. The summed E-state index contributed by atoms with van der Waals surface area (Å²) in [6.45, 7) is 2.13. The molecule has 0 amide bonds. The van der Waals surface area contributed by atoms with Crippen LogP contribution in [-0.2, 0) is 0 Å². The number of quaternary nitrogens is 1. The molecule has 0 spiro atoms. The van der Waals surface area contributed by atoms with Crippen molar-refractivity contribution in [2.24, 2.45) is 0 Å². The molecular weight excluding hydrogens is 154 g/mol. The number of benzene rings is 1. The Morgan fingerprint density at radius 3 is 2.55 bits per heavy atom. The number of rotatable bonds is 3. The molecule has 0 radical (unpaired) electrons. The van der Waals surface area contributed by atoms with E-state index in [4.69, 9.17) is 0 Å². The number of hydrogen-bond acceptors (Lipinski definition) is 1. The van der Waals surface area contributed by atoms with Crippen LogP contribution in [0, 0.1) is 0 Å². The Labute approximate surface area is 72.0 Å². The largest absolute Gasteiger partial charge is 0.355 e. The van der Waals surface area contributed by atoms with Crippen molar-refractivity contribution in [3.05, 3.63) is 30.3 Å². The normalized spacial score (nSPS) is 12.9. The van der Waals surface area contributed by atoms with E-state index < -0.39 is 0 Å². The fourth-order valence-corrected chi connectivity index (χ4v) is 1.58. The van der Waals surface area contributed by atoms with Crippen molar-refractivity contribution in [3.63, 3.8) is 0 Å². The SMILES string of the molecule is C[C@@H]([NH3+])CSc1ccccc1. The molecule has 0 aliphatic heterocycles. The molecule has 0 bridgehead atoms. The summed E-state index contributed by atoms with van der Waals surface area (Å²) in [4.78, 5) is 1.34. The van der Waals surface area contributed by atoms with E-state index in [0.717, 1.165) is 5.75 Å². The topological polar surface area (TPSA) is 27.6 Å². The Morgan fingerprint density at radius 1 is 1.36 bits per heavy atom. The highest BCUT2D eigenvalue weighted by Gasteiger charge is 1.97. The van der Waals surface area contributed by atoms with Crippen LogP contribution in [0.5, 0.6) is 0 Å². The highest BCUT2D eigenvalue weighted by molar-refractivity contribution is 7.99. The highest BCUT2D eigenvalue weighted by Crippen LogP contribution is 2.16. The van der Waals surface area contributed by atoms with Gasteiger partial charge in [0.25, 0.3) is 0 Å². The smallest absolute Gasteiger partial charge is 0.0910 e. The van der Waals surface area contributed by atoms with Crippen LogP contribution >= 0.6 is 11.8 Å². The Balaban J connectivity index is 2.39. The zero-order chi connectivity index (χ0) is 8.10. The molecule has 2 heteroatoms. The monoisotopic (exact) mass is 168 g/mol. The van der Waals surface area contributed by atoms with Gasteiger partial charge in [0.2, 0.25) is 0 Å². The summed E-state index contributed by atoms with van der Waals surface area (Å²) in [6, 6.07) is 11.0. The second-order valence-electron chi connectivity index (χ2n) is 2.73. The molecule has 1 rings (SSSR count). The van der Waals surface area contributed by atoms with Crippen LogP contribution in [-0.4, -0.2) is 11.8 Å². The number of thioether (sulfide) groups is 1. The average molecular weight is 168 g/mol. The van der Waals surface area contributed by atoms with Crippen molar-refractivity contribution >= 4 is 11.8 Å². The van der Waals surface area contributed by atoms with Gasteiger partial charge >= 0.3 is 0 Å². The summed E-state index contributed by atoms with van der Waals surface area (Å²) in [7, 11) is 0. The lowest BCUT2D eigenvalue weighted by Crippen LogP contribution is -2.60. The molecule has 0 aliphatic carbocycles. The molecule has 1 atom stereocenters. The fraction of sp³-hybridized carbons (Fsp3) is 0.333. The lowest BCUT2D eigenvalue weighted by atomic mass is 10.4. The minimum absolute atomic E-state index is 0.528. The van der Waals surface area contributed by atoms with Crippen molar-refractivity contribution < 1.29 is 5.73 Å². The van der Waals surface area contributed by atoms with E-state index in [1.165, 1.54) is 4.90 Å². The molecule has 0 fully saturated rings. The van der Waals surface area contributed by atoms with Crippen molar-refractivity contribution in [2.75, 3.05) is 5.75 Å². The van der Waals surface area contributed by atoms with Crippen LogP contribution in [0.25, 0.3) is 0 Å². The summed E-state index contributed by atoms with van der Waals surface area (Å²) in [5.74, 6) is 1.10. The van der Waals surface area contributed by atoms with E-state index in [1.54, 1.807) is 0 Å². The Hall–Kier alpha value is -0.470. The van der Waals surface area contributed by atoms with Gasteiger partial charge in [0.15, 0.2) is 0 Å². The Kier molecular flexibility index (Phi) is 3.46. The van der Waals surface area contributed by atoms with E-state index >= 15 is 0 Å². The maximum atomic E-state index is 3.93. The average Bonchev–Trinajstić information content (AvgIpc) is 2.03. The van der Waals surface area contributed by atoms with Crippen LogP contribution in [0.1, 0.15) is 6.92 Å². The van der Waals surface area contributed by atoms with E-state index in [1.807, 2.05) is 17.8 Å². The van der Waals surface area contributed by atoms with Gasteiger partial charge in [0, 0.05) is 10.6 Å². The van der Waals surface area contributed by atoms with Gasteiger partial charge in [-0.3, -0.25) is 0 Å². The zero-order valence-corrected chi connectivity index (χ0v) is 7.60. The van der Waals surface area contributed by atoms with Crippen LogP contribution in [0.3, 0.4) is 0 Å². The van der Waals surface area contributed by atoms with E-state index in [2.05, 4.69) is 36.9 Å². The highest BCUT2D eigenvalue weighted by atomic mass is 32.2. The van der Waals surface area contributed by atoms with E-state index in [0.29, 0.717) is 6.04 Å². The molecule has 0 aromatic heterocycles. The van der Waals surface area contributed by atoms with Gasteiger partial charge in [-0.15, -0.1) is 11.8 Å². The maximum Gasteiger partial charge on any atom is 0.0910 e. The number of hydrogen-bond donors (Lipinski definition) is 1. The fourth-order valence-electron chi connectivity index (χ4n) is 0.755. The first-order valence-corrected chi connectivity index (χ1v) is 4.78. The van der Waals surface area contributed by atoms with E-state index in [-0.39, 0.29) is 0 Å². The summed E-state index contributed by atoms with van der Waals surface area (Å²) in [5.41, 5.74) is 3.93. The summed E-state index contributed by atoms with van der Waals surface area (Å²) in [6.07, 6.45) is 0. The second kappa shape index (κ2) is 4.42. The third-order valence-corrected chi connectivity index (χ3v) is 2.62. The van der Waals surface area contributed by atoms with E-state index in [9.17, 15) is 0 Å². The van der Waals surface area contributed by atoms with Gasteiger partial charge in [-0.2, -0.15) is 0 Å². The molecular formula is C9H14NS+. The molecule has 0 saturated carbocycles. The lowest BCUT2D eigenvalue weighted by molar-refractivity contribution is -0.406. The maximum absolute atomic E-state index is 3.93. The molecule has 60 valence electrons. The van der Waals surface area contributed by atoms with Crippen molar-refractivity contribution in [1.29, 1.82) is 0 Å². The first-order valence-electron chi connectivity index (χ1n) is 3.80. The first kappa shape index (κ1) is 8.62. The van der Waals surface area contributed by atoms with Crippen molar-refractivity contribution in [3.8, 4) is 0 Å². The quantitative estimate of drug-likeness (QED) is 0.679. The van der Waals surface area contributed by atoms with Gasteiger partial charge in [0.05, 0.1) is 6.04 Å². The van der Waals surface area contributed by atoms with Crippen LogP contribution in [0.2, 0.25) is 0 Å². The van der Waals surface area contributed by atoms with Crippen molar-refractivity contribution in [1.82, 2.24) is 0 Å². The Morgan fingerprint density at radius 2 is 2.00 bits per heavy atom. The minimum atomic E-state index is 0.528. The molecule has 0 aliphatic rings. The van der Waals surface area contributed by atoms with Crippen LogP contribution in [0.15, 0.2) is 35.2 Å². The van der Waals surface area contributed by atoms with Gasteiger partial charge in [-0.05, 0) is 19.1 Å². The third-order valence-electron chi connectivity index (χ3n) is 1.28. The van der Waals surface area contributed by atoms with Gasteiger partial charge in [-0.1, -0.05) is 18.2 Å². The molecule has 1 aromatic rings. The predicted molar refractivity (Wildman–Crippen MR) is 49.5 cm³/mol. The predicted octanol–water partition coefficient (Wildman–Crippen LogP) is 1.41. The summed E-state index contributed by atoms with van der Waals surface area (Å²) in [5, 5.41) is 0. The molecule has 3 N–H and O–H groups in total. The van der Waals surface area contributed by atoms with Crippen molar-refractivity contribution in [2.45, 2.75) is 17.9 Å². The third kappa shape index (κ3) is 3.44. The summed E-state index contributed by atoms with van der Waals surface area (Å²) < 4.78 is 0.